The van der Waals surface area contributed by atoms with Crippen LogP contribution in [-0.2, 0) is 6.42 Å². The standard InChI is InChI=1S/C8H10OS/c1-3-8-7(6(2)9)4-5-10-8/h4-5H,3H2,1-2H3. The predicted molar refractivity (Wildman–Crippen MR) is 43.7 cm³/mol. The lowest BCUT2D eigenvalue weighted by Crippen LogP contribution is -1.92. The largest absolute Gasteiger partial charge is 0.294 e. The van der Waals surface area contributed by atoms with Gasteiger partial charge in [-0.2, -0.15) is 0 Å². The first kappa shape index (κ1) is 7.48. The predicted octanol–water partition coefficient (Wildman–Crippen LogP) is 2.51. The van der Waals surface area contributed by atoms with E-state index in [1.54, 1.807) is 18.3 Å². The molecule has 10 heavy (non-hydrogen) atoms. The number of hydrogen-bond donors (Lipinski definition) is 0. The third-order valence-electron chi connectivity index (χ3n) is 1.45. The summed E-state index contributed by atoms with van der Waals surface area (Å²) in [5, 5.41) is 1.97. The van der Waals surface area contributed by atoms with Gasteiger partial charge in [0, 0.05) is 10.4 Å². The number of ketones is 1. The number of aryl methyl sites for hydroxylation is 1. The van der Waals surface area contributed by atoms with Crippen LogP contribution in [0.15, 0.2) is 11.4 Å². The van der Waals surface area contributed by atoms with Crippen molar-refractivity contribution in [2.75, 3.05) is 0 Å². The Balaban J connectivity index is 3.01. The Bertz CT molecular complexity index is 237. The van der Waals surface area contributed by atoms with Crippen molar-refractivity contribution in [1.29, 1.82) is 0 Å². The molecule has 1 nitrogen and oxygen atoms in total. The van der Waals surface area contributed by atoms with Crippen molar-refractivity contribution in [1.82, 2.24) is 0 Å². The maximum Gasteiger partial charge on any atom is 0.160 e. The quantitative estimate of drug-likeness (QED) is 0.598. The summed E-state index contributed by atoms with van der Waals surface area (Å²) in [7, 11) is 0. The van der Waals surface area contributed by atoms with Gasteiger partial charge in [-0.1, -0.05) is 6.92 Å². The van der Waals surface area contributed by atoms with E-state index in [2.05, 4.69) is 6.92 Å². The van der Waals surface area contributed by atoms with Crippen molar-refractivity contribution >= 4 is 17.1 Å². The summed E-state index contributed by atoms with van der Waals surface area (Å²) in [5.74, 6) is 0.179. The average molecular weight is 154 g/mol. The van der Waals surface area contributed by atoms with Crippen molar-refractivity contribution in [3.63, 3.8) is 0 Å². The molecular weight excluding hydrogens is 144 g/mol. The van der Waals surface area contributed by atoms with Gasteiger partial charge in [0.1, 0.15) is 0 Å². The zero-order chi connectivity index (χ0) is 7.56. The summed E-state index contributed by atoms with van der Waals surface area (Å²) < 4.78 is 0. The van der Waals surface area contributed by atoms with Gasteiger partial charge in [-0.25, -0.2) is 0 Å². The van der Waals surface area contributed by atoms with Crippen molar-refractivity contribution in [2.24, 2.45) is 0 Å². The minimum atomic E-state index is 0.179. The van der Waals surface area contributed by atoms with E-state index in [0.29, 0.717) is 0 Å². The molecule has 0 N–H and O–H groups in total. The van der Waals surface area contributed by atoms with Crippen LogP contribution < -0.4 is 0 Å². The second-order valence-electron chi connectivity index (χ2n) is 2.17. The first-order valence-corrected chi connectivity index (χ1v) is 4.21. The van der Waals surface area contributed by atoms with E-state index in [4.69, 9.17) is 0 Å². The molecule has 0 amide bonds. The molecule has 0 aliphatic carbocycles. The molecule has 0 unspecified atom stereocenters. The Morgan fingerprint density at radius 1 is 1.70 bits per heavy atom. The summed E-state index contributed by atoms with van der Waals surface area (Å²) in [6.45, 7) is 3.68. The minimum absolute atomic E-state index is 0.179. The van der Waals surface area contributed by atoms with Gasteiger partial charge in [0.15, 0.2) is 5.78 Å². The topological polar surface area (TPSA) is 17.1 Å². The summed E-state index contributed by atoms with van der Waals surface area (Å²) in [6, 6.07) is 1.89. The van der Waals surface area contributed by atoms with E-state index in [9.17, 15) is 4.79 Å². The van der Waals surface area contributed by atoms with Crippen LogP contribution in [0.2, 0.25) is 0 Å². The van der Waals surface area contributed by atoms with Crippen LogP contribution in [0.3, 0.4) is 0 Å². The molecule has 1 rings (SSSR count). The lowest BCUT2D eigenvalue weighted by Gasteiger charge is -1.92. The van der Waals surface area contributed by atoms with Crippen LogP contribution in [0.1, 0.15) is 29.1 Å². The lowest BCUT2D eigenvalue weighted by atomic mass is 10.2. The number of carbonyl (C=O) groups excluding carboxylic acids is 1. The van der Waals surface area contributed by atoms with Gasteiger partial charge >= 0.3 is 0 Å². The normalized spacial score (nSPS) is 9.80. The molecule has 0 aliphatic rings. The molecular formula is C8H10OS. The van der Waals surface area contributed by atoms with Gasteiger partial charge in [-0.15, -0.1) is 11.3 Å². The molecule has 0 saturated carbocycles. The van der Waals surface area contributed by atoms with E-state index in [-0.39, 0.29) is 5.78 Å². The molecule has 0 aliphatic heterocycles. The first-order chi connectivity index (χ1) is 4.75. The van der Waals surface area contributed by atoms with E-state index in [1.807, 2.05) is 11.4 Å². The minimum Gasteiger partial charge on any atom is -0.294 e. The highest BCUT2D eigenvalue weighted by Gasteiger charge is 2.05. The van der Waals surface area contributed by atoms with Crippen LogP contribution in [-0.4, -0.2) is 5.78 Å². The summed E-state index contributed by atoms with van der Waals surface area (Å²) in [5.41, 5.74) is 0.896. The van der Waals surface area contributed by atoms with Crippen molar-refractivity contribution in [2.45, 2.75) is 20.3 Å². The summed E-state index contributed by atoms with van der Waals surface area (Å²) in [4.78, 5) is 12.1. The average Bonchev–Trinajstić information content (AvgIpc) is 2.33. The second kappa shape index (κ2) is 2.97. The molecule has 0 bridgehead atoms. The molecule has 1 aromatic heterocycles. The molecule has 0 radical (unpaired) electrons. The molecule has 0 atom stereocenters. The van der Waals surface area contributed by atoms with Crippen LogP contribution in [0.5, 0.6) is 0 Å². The zero-order valence-electron chi connectivity index (χ0n) is 6.18. The van der Waals surface area contributed by atoms with E-state index in [0.717, 1.165) is 12.0 Å². The summed E-state index contributed by atoms with van der Waals surface area (Å²) >= 11 is 1.66. The van der Waals surface area contributed by atoms with Gasteiger partial charge in [0.2, 0.25) is 0 Å². The highest BCUT2D eigenvalue weighted by atomic mass is 32.1. The monoisotopic (exact) mass is 154 g/mol. The Morgan fingerprint density at radius 3 is 2.80 bits per heavy atom. The third-order valence-corrected chi connectivity index (χ3v) is 2.51. The number of hydrogen-bond acceptors (Lipinski definition) is 2. The Morgan fingerprint density at radius 2 is 2.40 bits per heavy atom. The van der Waals surface area contributed by atoms with Crippen molar-refractivity contribution < 1.29 is 4.79 Å². The maximum atomic E-state index is 10.9. The molecule has 2 heteroatoms. The van der Waals surface area contributed by atoms with Gasteiger partial charge in [-0.3, -0.25) is 4.79 Å². The Hall–Kier alpha value is -0.630. The third kappa shape index (κ3) is 1.27. The van der Waals surface area contributed by atoms with Crippen LogP contribution in [0.25, 0.3) is 0 Å². The van der Waals surface area contributed by atoms with Crippen LogP contribution in [0.4, 0.5) is 0 Å². The number of Topliss-reactive ketones (excluding diaryl/α,β-unsaturated/α-hetero) is 1. The number of rotatable bonds is 2. The summed E-state index contributed by atoms with van der Waals surface area (Å²) in [6.07, 6.45) is 0.965. The van der Waals surface area contributed by atoms with Crippen LogP contribution in [0, 0.1) is 0 Å². The van der Waals surface area contributed by atoms with Gasteiger partial charge < -0.3 is 0 Å². The van der Waals surface area contributed by atoms with Gasteiger partial charge in [-0.05, 0) is 24.8 Å². The number of thiophene rings is 1. The molecule has 0 fully saturated rings. The molecule has 0 aromatic carbocycles. The SMILES string of the molecule is CCc1sccc1C(C)=O. The Labute approximate surface area is 64.7 Å². The van der Waals surface area contributed by atoms with Gasteiger partial charge in [0.25, 0.3) is 0 Å². The smallest absolute Gasteiger partial charge is 0.160 e. The maximum absolute atomic E-state index is 10.9. The second-order valence-corrected chi connectivity index (χ2v) is 3.17. The first-order valence-electron chi connectivity index (χ1n) is 3.33. The van der Waals surface area contributed by atoms with Crippen molar-refractivity contribution in [3.8, 4) is 0 Å². The molecule has 0 saturated heterocycles. The highest BCUT2D eigenvalue weighted by molar-refractivity contribution is 7.10. The molecule has 1 heterocycles. The molecule has 1 aromatic rings. The van der Waals surface area contributed by atoms with E-state index in [1.165, 1.54) is 4.88 Å². The van der Waals surface area contributed by atoms with Gasteiger partial charge in [0.05, 0.1) is 0 Å². The fourth-order valence-electron chi connectivity index (χ4n) is 0.928. The number of carbonyl (C=O) groups is 1. The molecule has 0 spiro atoms. The Kier molecular flexibility index (Phi) is 2.22. The van der Waals surface area contributed by atoms with Crippen LogP contribution >= 0.6 is 11.3 Å². The van der Waals surface area contributed by atoms with E-state index >= 15 is 0 Å². The lowest BCUT2D eigenvalue weighted by molar-refractivity contribution is 0.101. The van der Waals surface area contributed by atoms with Crippen molar-refractivity contribution in [3.05, 3.63) is 21.9 Å². The fourth-order valence-corrected chi connectivity index (χ4v) is 1.80. The zero-order valence-corrected chi connectivity index (χ0v) is 6.99. The highest BCUT2D eigenvalue weighted by Crippen LogP contribution is 2.17. The fraction of sp³-hybridized carbons (Fsp3) is 0.375. The van der Waals surface area contributed by atoms with E-state index < -0.39 is 0 Å². The molecule has 54 valence electrons.